The fourth-order valence-corrected chi connectivity index (χ4v) is 3.57. The van der Waals surface area contributed by atoms with Gasteiger partial charge in [0.1, 0.15) is 0 Å². The van der Waals surface area contributed by atoms with Crippen LogP contribution in [-0.2, 0) is 0 Å². The number of hydrogen-bond donors (Lipinski definition) is 0. The molecule has 2 rings (SSSR count). The minimum absolute atomic E-state index is 0.0697. The predicted octanol–water partition coefficient (Wildman–Crippen LogP) is 4.73. The summed E-state index contributed by atoms with van der Waals surface area (Å²) in [4.78, 5) is 14.5. The normalized spacial score (nSPS) is 18.9. The van der Waals surface area contributed by atoms with Gasteiger partial charge >= 0.3 is 0 Å². The van der Waals surface area contributed by atoms with Gasteiger partial charge in [-0.15, -0.1) is 11.6 Å². The molecule has 0 aromatic heterocycles. The van der Waals surface area contributed by atoms with Crippen LogP contribution in [0.4, 0.5) is 0 Å². The standard InChI is InChI=1S/C14H16BrCl2NO/c15-11-7-10(8-12(17)9-11)14(19)18-6-2-4-13(18)3-1-5-16/h7-9,13H,1-6H2. The summed E-state index contributed by atoms with van der Waals surface area (Å²) in [6.07, 6.45) is 4.08. The number of carbonyl (C=O) groups is 1. The van der Waals surface area contributed by atoms with Crippen LogP contribution in [0.15, 0.2) is 22.7 Å². The summed E-state index contributed by atoms with van der Waals surface area (Å²) in [7, 11) is 0. The molecule has 0 saturated carbocycles. The molecule has 0 radical (unpaired) electrons. The van der Waals surface area contributed by atoms with E-state index in [-0.39, 0.29) is 5.91 Å². The minimum Gasteiger partial charge on any atom is -0.336 e. The molecule has 1 saturated heterocycles. The van der Waals surface area contributed by atoms with Gasteiger partial charge in [0, 0.05) is 33.5 Å². The maximum atomic E-state index is 12.5. The maximum Gasteiger partial charge on any atom is 0.254 e. The van der Waals surface area contributed by atoms with Crippen molar-refractivity contribution in [2.75, 3.05) is 12.4 Å². The molecule has 1 amide bonds. The molecule has 0 aliphatic carbocycles. The molecule has 1 fully saturated rings. The van der Waals surface area contributed by atoms with Crippen molar-refractivity contribution in [1.29, 1.82) is 0 Å². The highest BCUT2D eigenvalue weighted by atomic mass is 79.9. The zero-order valence-corrected chi connectivity index (χ0v) is 13.6. The van der Waals surface area contributed by atoms with E-state index in [2.05, 4.69) is 15.9 Å². The number of nitrogens with zero attached hydrogens (tertiary/aromatic N) is 1. The van der Waals surface area contributed by atoms with Crippen LogP contribution in [-0.4, -0.2) is 29.3 Å². The second kappa shape index (κ2) is 6.96. The van der Waals surface area contributed by atoms with Crippen LogP contribution in [0.5, 0.6) is 0 Å². The van der Waals surface area contributed by atoms with E-state index >= 15 is 0 Å². The first kappa shape index (κ1) is 15.1. The lowest BCUT2D eigenvalue weighted by Gasteiger charge is -2.24. The van der Waals surface area contributed by atoms with E-state index in [0.29, 0.717) is 22.5 Å². The molecule has 1 aliphatic heterocycles. The third kappa shape index (κ3) is 3.87. The van der Waals surface area contributed by atoms with E-state index < -0.39 is 0 Å². The van der Waals surface area contributed by atoms with E-state index in [9.17, 15) is 4.79 Å². The maximum absolute atomic E-state index is 12.5. The molecule has 1 aliphatic rings. The molecule has 1 heterocycles. The van der Waals surface area contributed by atoms with Gasteiger partial charge in [0.15, 0.2) is 0 Å². The summed E-state index contributed by atoms with van der Waals surface area (Å²) < 4.78 is 0.833. The van der Waals surface area contributed by atoms with Crippen LogP contribution >= 0.6 is 39.1 Å². The van der Waals surface area contributed by atoms with Crippen molar-refractivity contribution in [3.63, 3.8) is 0 Å². The minimum atomic E-state index is 0.0697. The van der Waals surface area contributed by atoms with Gasteiger partial charge in [-0.2, -0.15) is 0 Å². The van der Waals surface area contributed by atoms with Crippen LogP contribution in [0.2, 0.25) is 5.02 Å². The third-order valence-electron chi connectivity index (χ3n) is 3.42. The first-order valence-corrected chi connectivity index (χ1v) is 8.15. The molecule has 1 unspecified atom stereocenters. The molecule has 19 heavy (non-hydrogen) atoms. The molecular formula is C14H16BrCl2NO. The van der Waals surface area contributed by atoms with E-state index in [1.165, 1.54) is 0 Å². The summed E-state index contributed by atoms with van der Waals surface area (Å²) in [5, 5.41) is 0.578. The summed E-state index contributed by atoms with van der Waals surface area (Å²) in [6.45, 7) is 0.829. The Labute approximate surface area is 132 Å². The van der Waals surface area contributed by atoms with Crippen LogP contribution in [0, 0.1) is 0 Å². The summed E-state index contributed by atoms with van der Waals surface area (Å²) >= 11 is 15.1. The monoisotopic (exact) mass is 363 g/mol. The third-order valence-corrected chi connectivity index (χ3v) is 4.36. The Balaban J connectivity index is 2.13. The van der Waals surface area contributed by atoms with Gasteiger partial charge in [-0.05, 0) is 43.9 Å². The van der Waals surface area contributed by atoms with Gasteiger partial charge in [-0.3, -0.25) is 4.79 Å². The smallest absolute Gasteiger partial charge is 0.254 e. The first-order valence-electron chi connectivity index (χ1n) is 6.45. The van der Waals surface area contributed by atoms with Gasteiger partial charge in [0.05, 0.1) is 0 Å². The van der Waals surface area contributed by atoms with Crippen LogP contribution in [0.3, 0.4) is 0 Å². The summed E-state index contributed by atoms with van der Waals surface area (Å²) in [6, 6.07) is 5.66. The molecule has 104 valence electrons. The number of benzene rings is 1. The molecule has 1 atom stereocenters. The van der Waals surface area contributed by atoms with Gasteiger partial charge in [0.25, 0.3) is 5.91 Å². The van der Waals surface area contributed by atoms with E-state index in [1.807, 2.05) is 11.0 Å². The SMILES string of the molecule is O=C(c1cc(Cl)cc(Br)c1)N1CCCC1CCCCl. The van der Waals surface area contributed by atoms with E-state index in [1.54, 1.807) is 12.1 Å². The lowest BCUT2D eigenvalue weighted by Crippen LogP contribution is -2.35. The van der Waals surface area contributed by atoms with Gasteiger partial charge in [-0.1, -0.05) is 27.5 Å². The summed E-state index contributed by atoms with van der Waals surface area (Å²) in [5.41, 5.74) is 0.650. The number of halogens is 3. The molecule has 0 N–H and O–H groups in total. The highest BCUT2D eigenvalue weighted by molar-refractivity contribution is 9.10. The van der Waals surface area contributed by atoms with Crippen molar-refractivity contribution in [3.05, 3.63) is 33.3 Å². The lowest BCUT2D eigenvalue weighted by molar-refractivity contribution is 0.0730. The second-order valence-electron chi connectivity index (χ2n) is 4.78. The molecule has 1 aromatic rings. The first-order chi connectivity index (χ1) is 9.11. The van der Waals surface area contributed by atoms with Gasteiger partial charge < -0.3 is 4.90 Å². The van der Waals surface area contributed by atoms with Crippen molar-refractivity contribution in [2.24, 2.45) is 0 Å². The number of alkyl halides is 1. The zero-order chi connectivity index (χ0) is 13.8. The van der Waals surface area contributed by atoms with Gasteiger partial charge in [-0.25, -0.2) is 0 Å². The number of carbonyl (C=O) groups excluding carboxylic acids is 1. The summed E-state index contributed by atoms with van der Waals surface area (Å²) in [5.74, 6) is 0.724. The fourth-order valence-electron chi connectivity index (χ4n) is 2.56. The average molecular weight is 365 g/mol. The lowest BCUT2D eigenvalue weighted by atomic mass is 10.1. The fraction of sp³-hybridized carbons (Fsp3) is 0.500. The molecule has 5 heteroatoms. The Kier molecular flexibility index (Phi) is 5.55. The van der Waals surface area contributed by atoms with Crippen molar-refractivity contribution in [3.8, 4) is 0 Å². The second-order valence-corrected chi connectivity index (χ2v) is 6.51. The number of hydrogen-bond acceptors (Lipinski definition) is 1. The van der Waals surface area contributed by atoms with Crippen LogP contribution in [0.1, 0.15) is 36.0 Å². The Morgan fingerprint density at radius 2 is 2.21 bits per heavy atom. The number of likely N-dealkylation sites (tertiary alicyclic amines) is 1. The van der Waals surface area contributed by atoms with Crippen molar-refractivity contribution in [2.45, 2.75) is 31.7 Å². The van der Waals surface area contributed by atoms with E-state index in [0.717, 1.165) is 36.7 Å². The van der Waals surface area contributed by atoms with Crippen LogP contribution in [0.25, 0.3) is 0 Å². The Morgan fingerprint density at radius 1 is 1.42 bits per heavy atom. The molecule has 0 bridgehead atoms. The Morgan fingerprint density at radius 3 is 2.89 bits per heavy atom. The van der Waals surface area contributed by atoms with Crippen molar-refractivity contribution >= 4 is 45.0 Å². The predicted molar refractivity (Wildman–Crippen MR) is 83.2 cm³/mol. The molecule has 0 spiro atoms. The molecule has 2 nitrogen and oxygen atoms in total. The number of rotatable bonds is 4. The largest absolute Gasteiger partial charge is 0.336 e. The molecular weight excluding hydrogens is 349 g/mol. The highest BCUT2D eigenvalue weighted by Crippen LogP contribution is 2.26. The highest BCUT2D eigenvalue weighted by Gasteiger charge is 2.29. The zero-order valence-electron chi connectivity index (χ0n) is 10.5. The van der Waals surface area contributed by atoms with Crippen molar-refractivity contribution < 1.29 is 4.79 Å². The topological polar surface area (TPSA) is 20.3 Å². The Bertz CT molecular complexity index is 447. The number of amides is 1. The van der Waals surface area contributed by atoms with Gasteiger partial charge in [0.2, 0.25) is 0 Å². The average Bonchev–Trinajstić information content (AvgIpc) is 2.82. The van der Waals surface area contributed by atoms with E-state index in [4.69, 9.17) is 23.2 Å². The quantitative estimate of drug-likeness (QED) is 0.707. The van der Waals surface area contributed by atoms with Crippen molar-refractivity contribution in [1.82, 2.24) is 4.90 Å². The van der Waals surface area contributed by atoms with Crippen LogP contribution < -0.4 is 0 Å². The molecule has 1 aromatic carbocycles. The Hall–Kier alpha value is -0.250.